The smallest absolute Gasteiger partial charge is 0.246 e. The maximum Gasteiger partial charge on any atom is 0.246 e. The minimum absolute atomic E-state index is 0.105. The zero-order valence-corrected chi connectivity index (χ0v) is 10.9. The van der Waals surface area contributed by atoms with Gasteiger partial charge in [-0.05, 0) is 43.6 Å². The number of nitrogens with one attached hydrogen (secondary N) is 2. The van der Waals surface area contributed by atoms with Crippen molar-refractivity contribution in [1.82, 2.24) is 10.6 Å². The van der Waals surface area contributed by atoms with Crippen LogP contribution in [0, 0.1) is 0 Å². The van der Waals surface area contributed by atoms with Gasteiger partial charge < -0.3 is 20.5 Å². The maximum absolute atomic E-state index is 11.6. The molecule has 0 spiro atoms. The van der Waals surface area contributed by atoms with Gasteiger partial charge in [0.25, 0.3) is 0 Å². The topological polar surface area (TPSA) is 70.6 Å². The number of amides is 1. The molecule has 1 aromatic carbocycles. The average molecular weight is 264 g/mol. The van der Waals surface area contributed by atoms with Crippen LogP contribution in [0.25, 0.3) is 0 Å². The molecule has 5 heteroatoms. The largest absolute Gasteiger partial charge is 0.508 e. The van der Waals surface area contributed by atoms with Crippen LogP contribution in [0.2, 0.25) is 0 Å². The van der Waals surface area contributed by atoms with Crippen LogP contribution >= 0.6 is 0 Å². The maximum atomic E-state index is 11.6. The molecule has 1 saturated heterocycles. The Morgan fingerprint density at radius 3 is 2.68 bits per heavy atom. The molecule has 1 aliphatic heterocycles. The fourth-order valence-corrected chi connectivity index (χ4v) is 2.02. The summed E-state index contributed by atoms with van der Waals surface area (Å²) in [5.74, 6) is 0.121. The molecule has 0 atom stereocenters. The van der Waals surface area contributed by atoms with Crippen LogP contribution in [-0.2, 0) is 16.1 Å². The number of piperidine rings is 1. The second-order valence-corrected chi connectivity index (χ2v) is 4.70. The van der Waals surface area contributed by atoms with Crippen molar-refractivity contribution in [2.24, 2.45) is 0 Å². The molecule has 0 bridgehead atoms. The molecule has 3 N–H and O–H groups in total. The number of aromatic hydroxyl groups is 1. The predicted molar refractivity (Wildman–Crippen MR) is 71.8 cm³/mol. The van der Waals surface area contributed by atoms with E-state index in [1.807, 2.05) is 0 Å². The van der Waals surface area contributed by atoms with Gasteiger partial charge in [0.05, 0.1) is 6.10 Å². The van der Waals surface area contributed by atoms with Gasteiger partial charge in [-0.25, -0.2) is 0 Å². The molecule has 0 aliphatic carbocycles. The van der Waals surface area contributed by atoms with Crippen LogP contribution in [0.4, 0.5) is 0 Å². The Morgan fingerprint density at radius 1 is 1.32 bits per heavy atom. The van der Waals surface area contributed by atoms with Crippen molar-refractivity contribution in [2.75, 3.05) is 19.7 Å². The molecule has 0 radical (unpaired) electrons. The molecular formula is C14H20N2O3. The average Bonchev–Trinajstić information content (AvgIpc) is 2.45. The third-order valence-electron chi connectivity index (χ3n) is 3.16. The summed E-state index contributed by atoms with van der Waals surface area (Å²) in [6.45, 7) is 2.48. The van der Waals surface area contributed by atoms with Crippen molar-refractivity contribution < 1.29 is 14.6 Å². The summed E-state index contributed by atoms with van der Waals surface area (Å²) in [4.78, 5) is 11.6. The molecule has 2 rings (SSSR count). The fraction of sp³-hybridized carbons (Fsp3) is 0.500. The van der Waals surface area contributed by atoms with E-state index in [1.54, 1.807) is 24.3 Å². The first-order valence-electron chi connectivity index (χ1n) is 6.61. The Morgan fingerprint density at radius 2 is 2.00 bits per heavy atom. The number of phenolic OH excluding ortho intramolecular Hbond substituents is 1. The number of ether oxygens (including phenoxy) is 1. The summed E-state index contributed by atoms with van der Waals surface area (Å²) in [5.41, 5.74) is 0.952. The van der Waals surface area contributed by atoms with Crippen molar-refractivity contribution in [2.45, 2.75) is 25.5 Å². The summed E-state index contributed by atoms with van der Waals surface area (Å²) in [7, 11) is 0. The van der Waals surface area contributed by atoms with Gasteiger partial charge in [-0.1, -0.05) is 12.1 Å². The van der Waals surface area contributed by atoms with Crippen molar-refractivity contribution in [3.8, 4) is 5.75 Å². The van der Waals surface area contributed by atoms with Gasteiger partial charge in [0, 0.05) is 6.54 Å². The predicted octanol–water partition coefficient (Wildman–Crippen LogP) is 0.777. The number of carbonyl (C=O) groups excluding carboxylic acids is 1. The van der Waals surface area contributed by atoms with E-state index in [4.69, 9.17) is 9.84 Å². The van der Waals surface area contributed by atoms with Crippen LogP contribution in [0.5, 0.6) is 5.75 Å². The zero-order valence-electron chi connectivity index (χ0n) is 10.9. The molecule has 104 valence electrons. The third kappa shape index (κ3) is 4.89. The molecule has 1 amide bonds. The minimum atomic E-state index is -0.105. The number of hydrogen-bond acceptors (Lipinski definition) is 4. The van der Waals surface area contributed by atoms with Gasteiger partial charge in [-0.15, -0.1) is 0 Å². The van der Waals surface area contributed by atoms with Crippen LogP contribution in [0.1, 0.15) is 18.4 Å². The number of hydrogen-bond donors (Lipinski definition) is 3. The Hall–Kier alpha value is -1.59. The van der Waals surface area contributed by atoms with Crippen molar-refractivity contribution in [3.05, 3.63) is 29.8 Å². The fourth-order valence-electron chi connectivity index (χ4n) is 2.02. The second kappa shape index (κ2) is 7.11. The molecule has 19 heavy (non-hydrogen) atoms. The lowest BCUT2D eigenvalue weighted by Crippen LogP contribution is -2.35. The summed E-state index contributed by atoms with van der Waals surface area (Å²) in [5, 5.41) is 15.2. The molecule has 0 aromatic heterocycles. The first-order valence-corrected chi connectivity index (χ1v) is 6.61. The van der Waals surface area contributed by atoms with Gasteiger partial charge in [0.15, 0.2) is 0 Å². The third-order valence-corrected chi connectivity index (χ3v) is 3.16. The Bertz CT molecular complexity index is 400. The van der Waals surface area contributed by atoms with E-state index < -0.39 is 0 Å². The molecule has 0 saturated carbocycles. The lowest BCUT2D eigenvalue weighted by molar-refractivity contribution is -0.128. The molecule has 1 aromatic rings. The molecule has 1 fully saturated rings. The quantitative estimate of drug-likeness (QED) is 0.735. The number of benzene rings is 1. The van der Waals surface area contributed by atoms with Crippen LogP contribution in [0.15, 0.2) is 24.3 Å². The van der Waals surface area contributed by atoms with E-state index >= 15 is 0 Å². The normalized spacial score (nSPS) is 16.2. The second-order valence-electron chi connectivity index (χ2n) is 4.70. The van der Waals surface area contributed by atoms with Gasteiger partial charge in [0.2, 0.25) is 5.91 Å². The zero-order chi connectivity index (χ0) is 13.5. The Balaban J connectivity index is 1.65. The monoisotopic (exact) mass is 264 g/mol. The highest BCUT2D eigenvalue weighted by Gasteiger charge is 2.14. The van der Waals surface area contributed by atoms with Crippen LogP contribution < -0.4 is 10.6 Å². The number of phenols is 1. The van der Waals surface area contributed by atoms with E-state index in [0.717, 1.165) is 31.5 Å². The summed E-state index contributed by atoms with van der Waals surface area (Å²) < 4.78 is 5.56. The van der Waals surface area contributed by atoms with Gasteiger partial charge in [0.1, 0.15) is 12.4 Å². The number of carbonyl (C=O) groups is 1. The van der Waals surface area contributed by atoms with Crippen molar-refractivity contribution >= 4 is 5.91 Å². The number of rotatable bonds is 5. The van der Waals surface area contributed by atoms with E-state index in [2.05, 4.69) is 10.6 Å². The van der Waals surface area contributed by atoms with Crippen molar-refractivity contribution in [3.63, 3.8) is 0 Å². The molecule has 1 heterocycles. The summed E-state index contributed by atoms with van der Waals surface area (Å²) in [6.07, 6.45) is 2.12. The van der Waals surface area contributed by atoms with Gasteiger partial charge >= 0.3 is 0 Å². The molecular weight excluding hydrogens is 244 g/mol. The van der Waals surface area contributed by atoms with Gasteiger partial charge in [-0.2, -0.15) is 0 Å². The first kappa shape index (κ1) is 13.8. The first-order chi connectivity index (χ1) is 9.24. The lowest BCUT2D eigenvalue weighted by Gasteiger charge is -2.22. The molecule has 5 nitrogen and oxygen atoms in total. The highest BCUT2D eigenvalue weighted by Crippen LogP contribution is 2.09. The van der Waals surface area contributed by atoms with Gasteiger partial charge in [-0.3, -0.25) is 4.79 Å². The highest BCUT2D eigenvalue weighted by molar-refractivity contribution is 5.77. The minimum Gasteiger partial charge on any atom is -0.508 e. The molecule has 0 unspecified atom stereocenters. The van der Waals surface area contributed by atoms with Crippen molar-refractivity contribution in [1.29, 1.82) is 0 Å². The summed E-state index contributed by atoms with van der Waals surface area (Å²) >= 11 is 0. The Labute approximate surface area is 113 Å². The highest BCUT2D eigenvalue weighted by atomic mass is 16.5. The molecule has 1 aliphatic rings. The van der Waals surface area contributed by atoms with Crippen LogP contribution in [0.3, 0.4) is 0 Å². The SMILES string of the molecule is O=C(COC1CCNCC1)NCc1ccc(O)cc1. The lowest BCUT2D eigenvalue weighted by atomic mass is 10.1. The summed E-state index contributed by atoms with van der Waals surface area (Å²) in [6, 6.07) is 6.77. The van der Waals surface area contributed by atoms with E-state index in [-0.39, 0.29) is 24.4 Å². The Kier molecular flexibility index (Phi) is 5.18. The van der Waals surface area contributed by atoms with E-state index in [1.165, 1.54) is 0 Å². The standard InChI is InChI=1S/C14H20N2O3/c17-12-3-1-11(2-4-12)9-16-14(18)10-19-13-5-7-15-8-6-13/h1-4,13,15,17H,5-10H2,(H,16,18). The van der Waals surface area contributed by atoms with Crippen LogP contribution in [-0.4, -0.2) is 36.8 Å². The van der Waals surface area contributed by atoms with E-state index in [0.29, 0.717) is 6.54 Å². The van der Waals surface area contributed by atoms with E-state index in [9.17, 15) is 4.79 Å².